The lowest BCUT2D eigenvalue weighted by atomic mass is 10.1. The molecule has 0 bridgehead atoms. The molecular weight excluding hydrogens is 440 g/mol. The highest BCUT2D eigenvalue weighted by Crippen LogP contribution is 2.37. The number of fused-ring (bicyclic) bond motifs is 1. The van der Waals surface area contributed by atoms with Crippen LogP contribution in [0.15, 0.2) is 33.9 Å². The fraction of sp³-hybridized carbons (Fsp3) is 0.333. The van der Waals surface area contributed by atoms with Gasteiger partial charge in [-0.3, -0.25) is 4.79 Å². The van der Waals surface area contributed by atoms with E-state index in [1.807, 2.05) is 0 Å². The number of nitriles is 1. The average Bonchev–Trinajstić information content (AvgIpc) is 3.25. The molecule has 0 aliphatic heterocycles. The summed E-state index contributed by atoms with van der Waals surface area (Å²) in [4.78, 5) is 14.0. The molecule has 30 heavy (non-hydrogen) atoms. The number of amides is 1. The first kappa shape index (κ1) is 20.9. The van der Waals surface area contributed by atoms with Crippen molar-refractivity contribution >= 4 is 45.6 Å². The van der Waals surface area contributed by atoms with Crippen LogP contribution in [-0.2, 0) is 17.6 Å². The average molecular weight is 459 g/mol. The number of hydrogen-bond acceptors (Lipinski definition) is 7. The summed E-state index contributed by atoms with van der Waals surface area (Å²) in [6.45, 7) is 1.77. The maximum Gasteiger partial charge on any atom is 0.277 e. The number of aromatic nitrogens is 2. The maximum absolute atomic E-state index is 12.7. The number of rotatable bonds is 5. The molecular formula is C21H19ClN4O2S2. The SMILES string of the molecule is C[C@H](Sc1nnc(-c2ccc(Cl)cc2)o1)C(=O)Nc1sc2c(c1C#N)CCCCC2. The smallest absolute Gasteiger partial charge is 0.277 e. The number of nitrogens with zero attached hydrogens (tertiary/aromatic N) is 3. The second-order valence-electron chi connectivity index (χ2n) is 7.01. The van der Waals surface area contributed by atoms with Crippen molar-refractivity contribution in [1.29, 1.82) is 5.26 Å². The minimum atomic E-state index is -0.461. The van der Waals surface area contributed by atoms with E-state index < -0.39 is 5.25 Å². The maximum atomic E-state index is 12.7. The molecule has 1 N–H and O–H groups in total. The number of aryl methyl sites for hydroxylation is 1. The van der Waals surface area contributed by atoms with E-state index in [0.29, 0.717) is 26.7 Å². The van der Waals surface area contributed by atoms with Crippen molar-refractivity contribution in [2.24, 2.45) is 0 Å². The van der Waals surface area contributed by atoms with Crippen LogP contribution in [0, 0.1) is 11.3 Å². The highest BCUT2D eigenvalue weighted by atomic mass is 35.5. The molecule has 2 aromatic heterocycles. The van der Waals surface area contributed by atoms with E-state index in [2.05, 4.69) is 21.6 Å². The Morgan fingerprint density at radius 2 is 2.03 bits per heavy atom. The Bertz CT molecular complexity index is 1100. The molecule has 4 rings (SSSR count). The van der Waals surface area contributed by atoms with E-state index in [9.17, 15) is 10.1 Å². The number of thiophene rings is 1. The third kappa shape index (κ3) is 4.53. The summed E-state index contributed by atoms with van der Waals surface area (Å²) in [6, 6.07) is 9.38. The summed E-state index contributed by atoms with van der Waals surface area (Å²) in [5, 5.41) is 21.8. The van der Waals surface area contributed by atoms with Crippen LogP contribution in [0.4, 0.5) is 5.00 Å². The van der Waals surface area contributed by atoms with Gasteiger partial charge in [-0.1, -0.05) is 29.8 Å². The van der Waals surface area contributed by atoms with Gasteiger partial charge in [0.15, 0.2) is 0 Å². The highest BCUT2D eigenvalue weighted by Gasteiger charge is 2.24. The Kier molecular flexibility index (Phi) is 6.42. The number of thioether (sulfide) groups is 1. The number of benzene rings is 1. The summed E-state index contributed by atoms with van der Waals surface area (Å²) in [5.74, 6) is 0.176. The molecule has 6 nitrogen and oxygen atoms in total. The van der Waals surface area contributed by atoms with E-state index in [1.165, 1.54) is 34.4 Å². The predicted octanol–water partition coefficient (Wildman–Crippen LogP) is 5.71. The zero-order chi connectivity index (χ0) is 21.1. The molecule has 3 aromatic rings. The minimum Gasteiger partial charge on any atom is -0.411 e. The number of anilines is 1. The number of halogens is 1. The lowest BCUT2D eigenvalue weighted by Crippen LogP contribution is -2.22. The molecule has 2 heterocycles. The Balaban J connectivity index is 1.44. The highest BCUT2D eigenvalue weighted by molar-refractivity contribution is 8.00. The number of carbonyl (C=O) groups excluding carboxylic acids is 1. The molecule has 154 valence electrons. The summed E-state index contributed by atoms with van der Waals surface area (Å²) in [5.41, 5.74) is 2.49. The van der Waals surface area contributed by atoms with Crippen LogP contribution in [0.5, 0.6) is 0 Å². The number of nitrogens with one attached hydrogen (secondary N) is 1. The van der Waals surface area contributed by atoms with Gasteiger partial charge in [0.2, 0.25) is 11.8 Å². The summed E-state index contributed by atoms with van der Waals surface area (Å²) < 4.78 is 5.67. The van der Waals surface area contributed by atoms with Crippen LogP contribution in [0.1, 0.15) is 42.2 Å². The second-order valence-corrected chi connectivity index (χ2v) is 9.84. The normalized spacial score (nSPS) is 14.4. The van der Waals surface area contributed by atoms with Gasteiger partial charge in [-0.05, 0) is 62.4 Å². The largest absolute Gasteiger partial charge is 0.411 e. The third-order valence-electron chi connectivity index (χ3n) is 4.91. The van der Waals surface area contributed by atoms with Gasteiger partial charge in [-0.2, -0.15) is 5.26 Å². The first-order valence-electron chi connectivity index (χ1n) is 9.66. The molecule has 0 radical (unpaired) electrons. The van der Waals surface area contributed by atoms with Crippen molar-refractivity contribution < 1.29 is 9.21 Å². The molecule has 9 heteroatoms. The molecule has 0 unspecified atom stereocenters. The van der Waals surface area contributed by atoms with E-state index in [-0.39, 0.29) is 5.91 Å². The van der Waals surface area contributed by atoms with Gasteiger partial charge < -0.3 is 9.73 Å². The Hall–Kier alpha value is -2.34. The zero-order valence-corrected chi connectivity index (χ0v) is 18.7. The van der Waals surface area contributed by atoms with Gasteiger partial charge in [0, 0.05) is 15.5 Å². The minimum absolute atomic E-state index is 0.195. The summed E-state index contributed by atoms with van der Waals surface area (Å²) >= 11 is 8.62. The van der Waals surface area contributed by atoms with Gasteiger partial charge in [0.05, 0.1) is 10.8 Å². The van der Waals surface area contributed by atoms with Crippen LogP contribution >= 0.6 is 34.7 Å². The molecule has 1 aromatic carbocycles. The van der Waals surface area contributed by atoms with E-state index in [0.717, 1.165) is 36.8 Å². The number of carbonyl (C=O) groups is 1. The van der Waals surface area contributed by atoms with Gasteiger partial charge in [0.25, 0.3) is 5.22 Å². The van der Waals surface area contributed by atoms with Gasteiger partial charge in [0.1, 0.15) is 11.1 Å². The molecule has 0 spiro atoms. The third-order valence-corrected chi connectivity index (χ3v) is 7.31. The first-order chi connectivity index (χ1) is 14.5. The summed E-state index contributed by atoms with van der Waals surface area (Å²) in [6.07, 6.45) is 5.29. The van der Waals surface area contributed by atoms with Gasteiger partial charge in [-0.15, -0.1) is 21.5 Å². The Morgan fingerprint density at radius 1 is 1.27 bits per heavy atom. The molecule has 0 saturated carbocycles. The second kappa shape index (κ2) is 9.21. The molecule has 1 atom stereocenters. The summed E-state index contributed by atoms with van der Waals surface area (Å²) in [7, 11) is 0. The van der Waals surface area contributed by atoms with Crippen molar-refractivity contribution in [3.05, 3.63) is 45.3 Å². The molecule has 1 aliphatic carbocycles. The van der Waals surface area contributed by atoms with Crippen molar-refractivity contribution in [1.82, 2.24) is 10.2 Å². The fourth-order valence-corrected chi connectivity index (χ4v) is 5.39. The van der Waals surface area contributed by atoms with Crippen LogP contribution < -0.4 is 5.32 Å². The van der Waals surface area contributed by atoms with Crippen molar-refractivity contribution in [3.63, 3.8) is 0 Å². The molecule has 0 fully saturated rings. The van der Waals surface area contributed by atoms with Crippen molar-refractivity contribution in [3.8, 4) is 17.5 Å². The lowest BCUT2D eigenvalue weighted by molar-refractivity contribution is -0.115. The van der Waals surface area contributed by atoms with Crippen molar-refractivity contribution in [2.75, 3.05) is 5.32 Å². The molecule has 1 amide bonds. The molecule has 1 aliphatic rings. The molecule has 0 saturated heterocycles. The van der Waals surface area contributed by atoms with Gasteiger partial charge >= 0.3 is 0 Å². The monoisotopic (exact) mass is 458 g/mol. The first-order valence-corrected chi connectivity index (χ1v) is 11.7. The Labute approximate surface area is 187 Å². The van der Waals surface area contributed by atoms with Crippen LogP contribution in [-0.4, -0.2) is 21.4 Å². The quantitative estimate of drug-likeness (QED) is 0.388. The fourth-order valence-electron chi connectivity index (χ4n) is 3.33. The van der Waals surface area contributed by atoms with E-state index in [4.69, 9.17) is 16.0 Å². The van der Waals surface area contributed by atoms with Crippen LogP contribution in [0.3, 0.4) is 0 Å². The number of hydrogen-bond donors (Lipinski definition) is 1. The lowest BCUT2D eigenvalue weighted by Gasteiger charge is -2.09. The van der Waals surface area contributed by atoms with Crippen LogP contribution in [0.25, 0.3) is 11.5 Å². The van der Waals surface area contributed by atoms with Crippen LogP contribution in [0.2, 0.25) is 5.02 Å². The van der Waals surface area contributed by atoms with E-state index in [1.54, 1.807) is 31.2 Å². The zero-order valence-electron chi connectivity index (χ0n) is 16.3. The van der Waals surface area contributed by atoms with Gasteiger partial charge in [-0.25, -0.2) is 0 Å². The standard InChI is InChI=1S/C21H19ClN4O2S2/c1-12(29-21-26-25-19(28-21)13-7-9-14(22)10-8-13)18(27)24-20-16(11-23)15-5-3-2-4-6-17(15)30-20/h7-10,12H,2-6H2,1H3,(H,24,27)/t12-/m0/s1. The Morgan fingerprint density at radius 3 is 2.80 bits per heavy atom. The van der Waals surface area contributed by atoms with E-state index >= 15 is 0 Å². The van der Waals surface area contributed by atoms with Crippen molar-refractivity contribution in [2.45, 2.75) is 49.5 Å². The predicted molar refractivity (Wildman–Crippen MR) is 119 cm³/mol. The topological polar surface area (TPSA) is 91.8 Å².